The summed E-state index contributed by atoms with van der Waals surface area (Å²) in [7, 11) is 0. The first-order chi connectivity index (χ1) is 6.80. The van der Waals surface area contributed by atoms with Gasteiger partial charge < -0.3 is 5.11 Å². The standard InChI is InChI=1S/C9H7ClF4O/c10-7-2-1-6(11)3-5(7)4-8(15)9(12,13)14/h1-3,8,15H,4H2/t8-/m0/s1. The highest BCUT2D eigenvalue weighted by molar-refractivity contribution is 6.31. The fourth-order valence-electron chi connectivity index (χ4n) is 1.02. The molecule has 0 saturated heterocycles. The van der Waals surface area contributed by atoms with E-state index in [2.05, 4.69) is 0 Å². The maximum atomic E-state index is 12.7. The SMILES string of the molecule is O[C@@H](Cc1cc(F)ccc1Cl)C(F)(F)F. The largest absolute Gasteiger partial charge is 0.414 e. The van der Waals surface area contributed by atoms with Crippen molar-refractivity contribution in [2.75, 3.05) is 0 Å². The molecule has 1 aromatic carbocycles. The van der Waals surface area contributed by atoms with Gasteiger partial charge in [-0.25, -0.2) is 4.39 Å². The zero-order valence-electron chi connectivity index (χ0n) is 7.35. The lowest BCUT2D eigenvalue weighted by molar-refractivity contribution is -0.203. The molecular weight excluding hydrogens is 236 g/mol. The van der Waals surface area contributed by atoms with Crippen LogP contribution >= 0.6 is 11.6 Å². The van der Waals surface area contributed by atoms with Gasteiger partial charge in [0.2, 0.25) is 0 Å². The molecule has 0 saturated carbocycles. The van der Waals surface area contributed by atoms with Crippen LogP contribution in [0.4, 0.5) is 17.6 Å². The predicted octanol–water partition coefficient (Wildman–Crippen LogP) is 2.94. The van der Waals surface area contributed by atoms with Gasteiger partial charge in [-0.2, -0.15) is 13.2 Å². The molecule has 1 aromatic rings. The van der Waals surface area contributed by atoms with Crippen LogP contribution in [0.5, 0.6) is 0 Å². The van der Waals surface area contributed by atoms with Crippen LogP contribution in [0, 0.1) is 5.82 Å². The molecule has 1 N–H and O–H groups in total. The van der Waals surface area contributed by atoms with Crippen molar-refractivity contribution < 1.29 is 22.7 Å². The van der Waals surface area contributed by atoms with Gasteiger partial charge in [-0.1, -0.05) is 11.6 Å². The summed E-state index contributed by atoms with van der Waals surface area (Å²) in [5, 5.41) is 8.75. The van der Waals surface area contributed by atoms with Gasteiger partial charge in [0, 0.05) is 11.4 Å². The van der Waals surface area contributed by atoms with E-state index >= 15 is 0 Å². The lowest BCUT2D eigenvalue weighted by atomic mass is 10.1. The number of benzene rings is 1. The second kappa shape index (κ2) is 4.37. The van der Waals surface area contributed by atoms with E-state index in [0.717, 1.165) is 18.2 Å². The van der Waals surface area contributed by atoms with Gasteiger partial charge in [0.15, 0.2) is 6.10 Å². The van der Waals surface area contributed by atoms with E-state index in [1.54, 1.807) is 0 Å². The van der Waals surface area contributed by atoms with E-state index in [-0.39, 0.29) is 10.6 Å². The van der Waals surface area contributed by atoms with Crippen molar-refractivity contribution >= 4 is 11.6 Å². The van der Waals surface area contributed by atoms with Gasteiger partial charge in [0.05, 0.1) is 0 Å². The predicted molar refractivity (Wildman–Crippen MR) is 47.2 cm³/mol. The third-order valence-corrected chi connectivity index (χ3v) is 2.17. The quantitative estimate of drug-likeness (QED) is 0.791. The summed E-state index contributed by atoms with van der Waals surface area (Å²) in [5.41, 5.74) is -0.0681. The van der Waals surface area contributed by atoms with Gasteiger partial charge in [0.1, 0.15) is 5.82 Å². The number of hydrogen-bond acceptors (Lipinski definition) is 1. The Labute approximate surface area is 88.3 Å². The van der Waals surface area contributed by atoms with Crippen LogP contribution in [0.25, 0.3) is 0 Å². The van der Waals surface area contributed by atoms with Crippen LogP contribution in [-0.4, -0.2) is 17.4 Å². The lowest BCUT2D eigenvalue weighted by Crippen LogP contribution is -2.30. The van der Waals surface area contributed by atoms with Crippen LogP contribution in [0.2, 0.25) is 5.02 Å². The molecular formula is C9H7ClF4O. The number of alkyl halides is 3. The van der Waals surface area contributed by atoms with E-state index < -0.39 is 24.5 Å². The van der Waals surface area contributed by atoms with Crippen molar-refractivity contribution in [3.05, 3.63) is 34.6 Å². The smallest absolute Gasteiger partial charge is 0.383 e. The molecule has 0 radical (unpaired) electrons. The number of aliphatic hydroxyl groups excluding tert-OH is 1. The molecule has 0 spiro atoms. The molecule has 0 aromatic heterocycles. The third-order valence-electron chi connectivity index (χ3n) is 1.80. The van der Waals surface area contributed by atoms with Crippen molar-refractivity contribution in [3.63, 3.8) is 0 Å². The van der Waals surface area contributed by atoms with Gasteiger partial charge in [-0.05, 0) is 23.8 Å². The Morgan fingerprint density at radius 3 is 2.47 bits per heavy atom. The zero-order chi connectivity index (χ0) is 11.6. The first kappa shape index (κ1) is 12.3. The molecule has 1 atom stereocenters. The van der Waals surface area contributed by atoms with Crippen molar-refractivity contribution in [2.24, 2.45) is 0 Å². The van der Waals surface area contributed by atoms with E-state index in [4.69, 9.17) is 16.7 Å². The highest BCUT2D eigenvalue weighted by Gasteiger charge is 2.38. The minimum Gasteiger partial charge on any atom is -0.383 e. The topological polar surface area (TPSA) is 20.2 Å². The van der Waals surface area contributed by atoms with Crippen LogP contribution in [-0.2, 0) is 6.42 Å². The summed E-state index contributed by atoms with van der Waals surface area (Å²) in [4.78, 5) is 0. The summed E-state index contributed by atoms with van der Waals surface area (Å²) in [5.74, 6) is -0.691. The molecule has 0 aliphatic rings. The molecule has 6 heteroatoms. The molecule has 0 amide bonds. The molecule has 0 aliphatic heterocycles. The molecule has 15 heavy (non-hydrogen) atoms. The lowest BCUT2D eigenvalue weighted by Gasteiger charge is -2.15. The minimum absolute atomic E-state index is 0.000278. The summed E-state index contributed by atoms with van der Waals surface area (Å²) >= 11 is 5.55. The fourth-order valence-corrected chi connectivity index (χ4v) is 1.22. The summed E-state index contributed by atoms with van der Waals surface area (Å²) in [6.07, 6.45) is -8.01. The Balaban J connectivity index is 2.85. The highest BCUT2D eigenvalue weighted by Crippen LogP contribution is 2.26. The zero-order valence-corrected chi connectivity index (χ0v) is 8.11. The molecule has 0 bridgehead atoms. The van der Waals surface area contributed by atoms with Crippen LogP contribution < -0.4 is 0 Å². The molecule has 0 aliphatic carbocycles. The maximum absolute atomic E-state index is 12.7. The van der Waals surface area contributed by atoms with Gasteiger partial charge in [-0.15, -0.1) is 0 Å². The van der Waals surface area contributed by atoms with Gasteiger partial charge in [0.25, 0.3) is 0 Å². The minimum atomic E-state index is -4.73. The van der Waals surface area contributed by atoms with Crippen LogP contribution in [0.3, 0.4) is 0 Å². The Kier molecular flexibility index (Phi) is 3.57. The molecule has 0 unspecified atom stereocenters. The van der Waals surface area contributed by atoms with Crippen LogP contribution in [0.15, 0.2) is 18.2 Å². The third kappa shape index (κ3) is 3.35. The molecule has 84 valence electrons. The fraction of sp³-hybridized carbons (Fsp3) is 0.333. The Bertz CT molecular complexity index is 350. The van der Waals surface area contributed by atoms with E-state index in [1.165, 1.54) is 0 Å². The van der Waals surface area contributed by atoms with Crippen molar-refractivity contribution in [2.45, 2.75) is 18.7 Å². The van der Waals surface area contributed by atoms with Crippen molar-refractivity contribution in [1.29, 1.82) is 0 Å². The second-order valence-corrected chi connectivity index (χ2v) is 3.40. The number of halogens is 5. The number of rotatable bonds is 2. The van der Waals surface area contributed by atoms with Gasteiger partial charge in [-0.3, -0.25) is 0 Å². The van der Waals surface area contributed by atoms with E-state index in [0.29, 0.717) is 0 Å². The number of hydrogen-bond donors (Lipinski definition) is 1. The average molecular weight is 243 g/mol. The first-order valence-electron chi connectivity index (χ1n) is 3.99. The van der Waals surface area contributed by atoms with Crippen LogP contribution in [0.1, 0.15) is 5.56 Å². The van der Waals surface area contributed by atoms with Gasteiger partial charge >= 0.3 is 6.18 Å². The second-order valence-electron chi connectivity index (χ2n) is 3.00. The monoisotopic (exact) mass is 242 g/mol. The van der Waals surface area contributed by atoms with Crippen molar-refractivity contribution in [1.82, 2.24) is 0 Å². The Hall–Kier alpha value is -0.810. The van der Waals surface area contributed by atoms with E-state index in [9.17, 15) is 17.6 Å². The summed E-state index contributed by atoms with van der Waals surface area (Å²) < 4.78 is 48.6. The maximum Gasteiger partial charge on any atom is 0.414 e. The Morgan fingerprint density at radius 1 is 1.33 bits per heavy atom. The first-order valence-corrected chi connectivity index (χ1v) is 4.37. The molecule has 1 nitrogen and oxygen atoms in total. The van der Waals surface area contributed by atoms with E-state index in [1.807, 2.05) is 0 Å². The van der Waals surface area contributed by atoms with Crippen molar-refractivity contribution in [3.8, 4) is 0 Å². The Morgan fingerprint density at radius 2 is 1.93 bits per heavy atom. The summed E-state index contributed by atoms with van der Waals surface area (Å²) in [6.45, 7) is 0. The summed E-state index contributed by atoms with van der Waals surface area (Å²) in [6, 6.07) is 3.05. The number of aliphatic hydroxyl groups is 1. The normalized spacial score (nSPS) is 14.0. The molecule has 1 rings (SSSR count). The highest BCUT2D eigenvalue weighted by atomic mass is 35.5. The average Bonchev–Trinajstić information content (AvgIpc) is 2.09. The molecule has 0 heterocycles. The molecule has 0 fully saturated rings.